The third-order valence-electron chi connectivity index (χ3n) is 2.46. The Bertz CT molecular complexity index is 532. The van der Waals surface area contributed by atoms with Crippen molar-refractivity contribution in [3.05, 3.63) is 28.5 Å². The summed E-state index contributed by atoms with van der Waals surface area (Å²) in [6.45, 7) is 1.88. The lowest BCUT2D eigenvalue weighted by Gasteiger charge is -2.26. The van der Waals surface area contributed by atoms with Gasteiger partial charge in [-0.3, -0.25) is 0 Å². The Balaban J connectivity index is 2.16. The van der Waals surface area contributed by atoms with Crippen molar-refractivity contribution in [2.24, 2.45) is 0 Å². The highest BCUT2D eigenvalue weighted by Crippen LogP contribution is 2.19. The first-order valence-corrected chi connectivity index (χ1v) is 7.57. The molecule has 5 nitrogen and oxygen atoms in total. The van der Waals surface area contributed by atoms with Crippen molar-refractivity contribution in [2.45, 2.75) is 4.90 Å². The Morgan fingerprint density at radius 1 is 1.33 bits per heavy atom. The molecular weight excluding hydrogens is 327 g/mol. The fraction of sp³-hybridized carbons (Fsp3) is 0.400. The van der Waals surface area contributed by atoms with Crippen LogP contribution in [-0.2, 0) is 14.8 Å². The highest BCUT2D eigenvalue weighted by Gasteiger charge is 2.20. The molecule has 1 aromatic rings. The molecule has 0 unspecified atom stereocenters. The zero-order chi connectivity index (χ0) is 13.2. The van der Waals surface area contributed by atoms with Gasteiger partial charge >= 0.3 is 0 Å². The minimum atomic E-state index is -3.74. The van der Waals surface area contributed by atoms with E-state index in [4.69, 9.17) is 4.74 Å². The number of hydrogen-bond donors (Lipinski definition) is 1. The monoisotopic (exact) mass is 338 g/mol. The van der Waals surface area contributed by atoms with Gasteiger partial charge in [-0.1, -0.05) is 0 Å². The van der Waals surface area contributed by atoms with Crippen LogP contribution in [0.4, 0.5) is 4.39 Å². The maximum absolute atomic E-state index is 13.3. The molecule has 0 aliphatic carbocycles. The number of sulfonamides is 1. The zero-order valence-electron chi connectivity index (χ0n) is 9.40. The molecule has 100 valence electrons. The van der Waals surface area contributed by atoms with Crippen LogP contribution in [0.3, 0.4) is 0 Å². The third kappa shape index (κ3) is 3.27. The van der Waals surface area contributed by atoms with Crippen molar-refractivity contribution in [1.29, 1.82) is 0 Å². The van der Waals surface area contributed by atoms with Crippen LogP contribution in [0.15, 0.2) is 27.6 Å². The fourth-order valence-electron chi connectivity index (χ4n) is 1.52. The van der Waals surface area contributed by atoms with Crippen molar-refractivity contribution in [2.75, 3.05) is 26.3 Å². The van der Waals surface area contributed by atoms with Crippen molar-refractivity contribution in [1.82, 2.24) is 9.84 Å². The normalized spacial score (nSPS) is 17.9. The molecule has 0 amide bonds. The topological polar surface area (TPSA) is 58.6 Å². The molecule has 1 fully saturated rings. The molecule has 0 spiro atoms. The zero-order valence-corrected chi connectivity index (χ0v) is 11.8. The molecule has 0 bridgehead atoms. The van der Waals surface area contributed by atoms with E-state index in [-0.39, 0.29) is 9.37 Å². The molecule has 1 aliphatic rings. The van der Waals surface area contributed by atoms with Crippen LogP contribution in [0.1, 0.15) is 0 Å². The number of hydrogen-bond acceptors (Lipinski definition) is 4. The SMILES string of the molecule is O=S(=O)(NN1CCOCC1)c1ccc(Br)c(F)c1. The molecule has 0 aromatic heterocycles. The molecule has 2 rings (SSSR count). The summed E-state index contributed by atoms with van der Waals surface area (Å²) in [4.78, 5) is 2.30. The van der Waals surface area contributed by atoms with Gasteiger partial charge in [0.05, 0.1) is 22.6 Å². The molecule has 0 radical (unpaired) electrons. The van der Waals surface area contributed by atoms with Crippen molar-refractivity contribution < 1.29 is 17.5 Å². The standard InChI is InChI=1S/C10H12BrFN2O3S/c11-9-2-1-8(7-10(9)12)18(15,16)13-14-3-5-17-6-4-14/h1-2,7,13H,3-6H2. The van der Waals surface area contributed by atoms with Crippen LogP contribution in [0.5, 0.6) is 0 Å². The average Bonchev–Trinajstić information content (AvgIpc) is 2.33. The van der Waals surface area contributed by atoms with Gasteiger partial charge in [0.1, 0.15) is 5.82 Å². The van der Waals surface area contributed by atoms with Crippen LogP contribution in [0.2, 0.25) is 0 Å². The highest BCUT2D eigenvalue weighted by molar-refractivity contribution is 9.10. The summed E-state index contributed by atoms with van der Waals surface area (Å²) in [6.07, 6.45) is 0. The molecule has 8 heteroatoms. The van der Waals surface area contributed by atoms with Gasteiger partial charge < -0.3 is 4.74 Å². The number of halogens is 2. The number of benzene rings is 1. The van der Waals surface area contributed by atoms with E-state index in [9.17, 15) is 12.8 Å². The van der Waals surface area contributed by atoms with E-state index in [1.165, 1.54) is 12.1 Å². The minimum absolute atomic E-state index is 0.102. The van der Waals surface area contributed by atoms with Gasteiger partial charge in [0, 0.05) is 13.1 Å². The number of rotatable bonds is 3. The number of nitrogens with zero attached hydrogens (tertiary/aromatic N) is 1. The summed E-state index contributed by atoms with van der Waals surface area (Å²) in [5.41, 5.74) is 0. The van der Waals surface area contributed by atoms with Crippen molar-refractivity contribution in [3.8, 4) is 0 Å². The Morgan fingerprint density at radius 2 is 2.00 bits per heavy atom. The molecule has 1 heterocycles. The van der Waals surface area contributed by atoms with E-state index < -0.39 is 15.8 Å². The predicted octanol–water partition coefficient (Wildman–Crippen LogP) is 1.11. The number of nitrogens with one attached hydrogen (secondary N) is 1. The van der Waals surface area contributed by atoms with Crippen molar-refractivity contribution >= 4 is 26.0 Å². The quantitative estimate of drug-likeness (QED) is 0.897. The second-order valence-corrected chi connectivity index (χ2v) is 6.29. The van der Waals surface area contributed by atoms with Gasteiger partial charge in [-0.2, -0.15) is 0 Å². The van der Waals surface area contributed by atoms with Crippen LogP contribution < -0.4 is 4.83 Å². The Morgan fingerprint density at radius 3 is 2.61 bits per heavy atom. The van der Waals surface area contributed by atoms with Crippen LogP contribution in [0.25, 0.3) is 0 Å². The third-order valence-corrected chi connectivity index (χ3v) is 4.48. The summed E-state index contributed by atoms with van der Waals surface area (Å²) in [7, 11) is -3.74. The minimum Gasteiger partial charge on any atom is -0.379 e. The lowest BCUT2D eigenvalue weighted by atomic mass is 10.3. The van der Waals surface area contributed by atoms with Gasteiger partial charge in [0.2, 0.25) is 0 Å². The molecule has 18 heavy (non-hydrogen) atoms. The Hall–Kier alpha value is -0.540. The average molecular weight is 339 g/mol. The van der Waals surface area contributed by atoms with E-state index in [0.717, 1.165) is 6.07 Å². The molecule has 0 atom stereocenters. The number of ether oxygens (including phenoxy) is 1. The lowest BCUT2D eigenvalue weighted by Crippen LogP contribution is -2.48. The second-order valence-electron chi connectivity index (χ2n) is 3.77. The summed E-state index contributed by atoms with van der Waals surface area (Å²) in [6, 6.07) is 3.69. The Labute approximate surface area is 113 Å². The van der Waals surface area contributed by atoms with Crippen LogP contribution in [0, 0.1) is 5.82 Å². The molecule has 1 N–H and O–H groups in total. The largest absolute Gasteiger partial charge is 0.379 e. The van der Waals surface area contributed by atoms with Gasteiger partial charge in [-0.05, 0) is 34.1 Å². The summed E-state index contributed by atoms with van der Waals surface area (Å²) < 4.78 is 42.6. The van der Waals surface area contributed by atoms with Crippen molar-refractivity contribution in [3.63, 3.8) is 0 Å². The van der Waals surface area contributed by atoms with Gasteiger partial charge in [-0.25, -0.2) is 17.8 Å². The first-order valence-electron chi connectivity index (χ1n) is 5.29. The summed E-state index contributed by atoms with van der Waals surface area (Å²) in [5.74, 6) is -0.611. The van der Waals surface area contributed by atoms with E-state index in [2.05, 4.69) is 20.8 Å². The van der Waals surface area contributed by atoms with E-state index >= 15 is 0 Å². The maximum atomic E-state index is 13.3. The maximum Gasteiger partial charge on any atom is 0.253 e. The van der Waals surface area contributed by atoms with Gasteiger partial charge in [0.15, 0.2) is 0 Å². The predicted molar refractivity (Wildman–Crippen MR) is 66.8 cm³/mol. The van der Waals surface area contributed by atoms with E-state index in [1.807, 2.05) is 0 Å². The molecule has 1 saturated heterocycles. The number of morpholine rings is 1. The summed E-state index contributed by atoms with van der Waals surface area (Å²) in [5, 5.41) is 1.54. The highest BCUT2D eigenvalue weighted by atomic mass is 79.9. The lowest BCUT2D eigenvalue weighted by molar-refractivity contribution is 0.0272. The summed E-state index contributed by atoms with van der Waals surface area (Å²) >= 11 is 2.98. The Kier molecular flexibility index (Phi) is 4.33. The molecular formula is C10H12BrFN2O3S. The first-order chi connectivity index (χ1) is 8.49. The molecule has 1 aliphatic heterocycles. The number of hydrazine groups is 1. The van der Waals surface area contributed by atoms with Crippen LogP contribution >= 0.6 is 15.9 Å². The first kappa shape index (κ1) is 13.9. The fourth-order valence-corrected chi connectivity index (χ4v) is 2.90. The van der Waals surface area contributed by atoms with E-state index in [0.29, 0.717) is 26.3 Å². The van der Waals surface area contributed by atoms with Gasteiger partial charge in [-0.15, -0.1) is 4.83 Å². The van der Waals surface area contributed by atoms with Crippen LogP contribution in [-0.4, -0.2) is 39.7 Å². The van der Waals surface area contributed by atoms with E-state index in [1.54, 1.807) is 5.01 Å². The second kappa shape index (κ2) is 5.62. The molecule has 0 saturated carbocycles. The molecule has 1 aromatic carbocycles. The smallest absolute Gasteiger partial charge is 0.253 e. The van der Waals surface area contributed by atoms with Gasteiger partial charge in [0.25, 0.3) is 10.0 Å².